The third-order valence-corrected chi connectivity index (χ3v) is 6.80. The van der Waals surface area contributed by atoms with E-state index in [2.05, 4.69) is 21.3 Å². The standard InChI is InChI=1S/C23H39N7O10S/c1-41-8-6-13(20(36)29-15(11-32)23(39)40)27-18(34)9-26-19(35)14(10-31)28-21(37)16-3-2-7-30(16)22(38)12(24)4-5-17(25)33/h12-16,31-32H,2-11,24H2,1H3,(H2,25,33)(H,26,35)(H,27,34)(H,28,37)(H,29,36)(H,39,40)/t12-,13-,14-,15-,16-/m0/s1. The van der Waals surface area contributed by atoms with Crippen molar-refractivity contribution in [2.24, 2.45) is 11.5 Å². The van der Waals surface area contributed by atoms with Crippen LogP contribution in [0.1, 0.15) is 32.1 Å². The number of carboxylic acids is 1. The van der Waals surface area contributed by atoms with E-state index < -0.39 is 91.4 Å². The van der Waals surface area contributed by atoms with Gasteiger partial charge in [-0.05, 0) is 37.7 Å². The summed E-state index contributed by atoms with van der Waals surface area (Å²) < 4.78 is 0. The van der Waals surface area contributed by atoms with Gasteiger partial charge in [-0.25, -0.2) is 4.79 Å². The van der Waals surface area contributed by atoms with Crippen LogP contribution in [-0.4, -0.2) is 130 Å². The molecule has 1 heterocycles. The van der Waals surface area contributed by atoms with E-state index in [0.29, 0.717) is 12.2 Å². The number of nitrogens with two attached hydrogens (primary N) is 2. The van der Waals surface area contributed by atoms with E-state index in [9.17, 15) is 38.7 Å². The number of aliphatic hydroxyl groups excluding tert-OH is 2. The van der Waals surface area contributed by atoms with Crippen molar-refractivity contribution in [1.29, 1.82) is 0 Å². The second-order valence-corrected chi connectivity index (χ2v) is 10.2. The van der Waals surface area contributed by atoms with E-state index in [1.54, 1.807) is 6.26 Å². The molecule has 1 saturated heterocycles. The lowest BCUT2D eigenvalue weighted by atomic mass is 10.1. The molecule has 0 aromatic heterocycles. The van der Waals surface area contributed by atoms with Crippen LogP contribution in [0.15, 0.2) is 0 Å². The lowest BCUT2D eigenvalue weighted by molar-refractivity contribution is -0.143. The number of nitrogens with zero attached hydrogens (tertiary/aromatic N) is 1. The van der Waals surface area contributed by atoms with E-state index in [1.165, 1.54) is 16.7 Å². The lowest BCUT2D eigenvalue weighted by Crippen LogP contribution is -2.57. The summed E-state index contributed by atoms with van der Waals surface area (Å²) in [6.07, 6.45) is 2.55. The quantitative estimate of drug-likeness (QED) is 0.0710. The molecule has 1 rings (SSSR count). The van der Waals surface area contributed by atoms with Gasteiger partial charge in [0.15, 0.2) is 0 Å². The van der Waals surface area contributed by atoms with Gasteiger partial charge >= 0.3 is 5.97 Å². The Hall–Kier alpha value is -3.48. The molecular formula is C23H39N7O10S. The van der Waals surface area contributed by atoms with E-state index in [0.717, 1.165) is 0 Å². The number of nitrogens with one attached hydrogen (secondary N) is 4. The number of hydrogen-bond donors (Lipinski definition) is 9. The number of rotatable bonds is 18. The van der Waals surface area contributed by atoms with Crippen molar-refractivity contribution in [3.63, 3.8) is 0 Å². The van der Waals surface area contributed by atoms with Crippen LogP contribution in [0, 0.1) is 0 Å². The topological polar surface area (TPSA) is 284 Å². The highest BCUT2D eigenvalue weighted by Crippen LogP contribution is 2.19. The number of thioether (sulfide) groups is 1. The van der Waals surface area contributed by atoms with Crippen molar-refractivity contribution in [1.82, 2.24) is 26.2 Å². The van der Waals surface area contributed by atoms with Crippen LogP contribution in [0.25, 0.3) is 0 Å². The maximum atomic E-state index is 12.8. The molecule has 0 bridgehead atoms. The van der Waals surface area contributed by atoms with Gasteiger partial charge < -0.3 is 53.0 Å². The number of likely N-dealkylation sites (tertiary alicyclic amines) is 1. The minimum atomic E-state index is -1.57. The molecule has 1 fully saturated rings. The molecule has 5 atom stereocenters. The maximum absolute atomic E-state index is 12.8. The fourth-order valence-electron chi connectivity index (χ4n) is 3.90. The average molecular weight is 606 g/mol. The van der Waals surface area contributed by atoms with Crippen LogP contribution in [0.3, 0.4) is 0 Å². The first-order valence-electron chi connectivity index (χ1n) is 12.8. The summed E-state index contributed by atoms with van der Waals surface area (Å²) in [7, 11) is 0. The van der Waals surface area contributed by atoms with Crippen LogP contribution in [0.4, 0.5) is 0 Å². The molecule has 1 aliphatic rings. The second kappa shape index (κ2) is 18.1. The molecule has 232 valence electrons. The van der Waals surface area contributed by atoms with Crippen molar-refractivity contribution in [2.75, 3.05) is 38.3 Å². The van der Waals surface area contributed by atoms with E-state index in [1.807, 2.05) is 0 Å². The number of amides is 6. The van der Waals surface area contributed by atoms with Crippen molar-refractivity contribution < 1.29 is 48.9 Å². The number of carboxylic acid groups (broad SMARTS) is 1. The summed E-state index contributed by atoms with van der Waals surface area (Å²) >= 11 is 1.37. The molecule has 11 N–H and O–H groups in total. The molecule has 0 aromatic carbocycles. The van der Waals surface area contributed by atoms with Gasteiger partial charge in [0, 0.05) is 13.0 Å². The third-order valence-electron chi connectivity index (χ3n) is 6.16. The monoisotopic (exact) mass is 605 g/mol. The molecule has 6 amide bonds. The predicted molar refractivity (Wildman–Crippen MR) is 145 cm³/mol. The number of aliphatic carboxylic acids is 1. The molecule has 0 radical (unpaired) electrons. The molecule has 0 spiro atoms. The Morgan fingerprint density at radius 1 is 0.951 bits per heavy atom. The molecule has 17 nitrogen and oxygen atoms in total. The molecule has 0 aromatic rings. The molecule has 41 heavy (non-hydrogen) atoms. The van der Waals surface area contributed by atoms with Crippen LogP contribution in [0.2, 0.25) is 0 Å². The van der Waals surface area contributed by atoms with Gasteiger partial charge in [0.2, 0.25) is 35.4 Å². The fraction of sp³-hybridized carbons (Fsp3) is 0.696. The molecule has 18 heteroatoms. The summed E-state index contributed by atoms with van der Waals surface area (Å²) in [6, 6.07) is -6.20. The Morgan fingerprint density at radius 2 is 1.61 bits per heavy atom. The highest BCUT2D eigenvalue weighted by atomic mass is 32.2. The smallest absolute Gasteiger partial charge is 0.328 e. The van der Waals surface area contributed by atoms with Crippen molar-refractivity contribution >= 4 is 53.2 Å². The fourth-order valence-corrected chi connectivity index (χ4v) is 4.37. The van der Waals surface area contributed by atoms with E-state index in [-0.39, 0.29) is 32.2 Å². The third kappa shape index (κ3) is 11.9. The largest absolute Gasteiger partial charge is 0.480 e. The summed E-state index contributed by atoms with van der Waals surface area (Å²) in [5.41, 5.74) is 10.9. The Kier molecular flexibility index (Phi) is 15.7. The normalized spacial score (nSPS) is 17.5. The minimum absolute atomic E-state index is 0.00408. The number of aliphatic hydroxyl groups is 2. The maximum Gasteiger partial charge on any atom is 0.328 e. The summed E-state index contributed by atoms with van der Waals surface area (Å²) in [6.45, 7) is -2.09. The molecule has 0 saturated carbocycles. The highest BCUT2D eigenvalue weighted by Gasteiger charge is 2.37. The predicted octanol–water partition coefficient (Wildman–Crippen LogP) is -5.04. The van der Waals surface area contributed by atoms with E-state index >= 15 is 0 Å². The number of carbonyl (C=O) groups excluding carboxylic acids is 6. The first kappa shape index (κ1) is 35.5. The van der Waals surface area contributed by atoms with Crippen molar-refractivity contribution in [3.8, 4) is 0 Å². The van der Waals surface area contributed by atoms with Crippen LogP contribution >= 0.6 is 11.8 Å². The average Bonchev–Trinajstić information content (AvgIpc) is 3.43. The zero-order valence-corrected chi connectivity index (χ0v) is 23.5. The van der Waals surface area contributed by atoms with Gasteiger partial charge in [0.05, 0.1) is 25.8 Å². The summed E-state index contributed by atoms with van der Waals surface area (Å²) in [4.78, 5) is 86.3. The zero-order valence-electron chi connectivity index (χ0n) is 22.7. The molecule has 0 unspecified atom stereocenters. The van der Waals surface area contributed by atoms with Crippen LogP contribution < -0.4 is 32.7 Å². The van der Waals surface area contributed by atoms with Gasteiger partial charge in [-0.2, -0.15) is 11.8 Å². The number of primary amides is 1. The number of carbonyl (C=O) groups is 7. The Bertz CT molecular complexity index is 969. The summed E-state index contributed by atoms with van der Waals surface area (Å²) in [5, 5.41) is 36.9. The Morgan fingerprint density at radius 3 is 2.17 bits per heavy atom. The first-order valence-corrected chi connectivity index (χ1v) is 14.2. The molecule has 0 aliphatic carbocycles. The SMILES string of the molecule is CSCC[C@H](NC(=O)CNC(=O)[C@H](CO)NC(=O)[C@@H]1CCCN1C(=O)[C@@H](N)CCC(N)=O)C(=O)N[C@@H](CO)C(=O)O. The van der Waals surface area contributed by atoms with Gasteiger partial charge in [-0.15, -0.1) is 0 Å². The van der Waals surface area contributed by atoms with Crippen molar-refractivity contribution in [2.45, 2.75) is 62.3 Å². The van der Waals surface area contributed by atoms with Crippen LogP contribution in [-0.2, 0) is 33.6 Å². The van der Waals surface area contributed by atoms with Gasteiger partial charge in [-0.1, -0.05) is 0 Å². The lowest BCUT2D eigenvalue weighted by Gasteiger charge is -2.28. The molecular weight excluding hydrogens is 566 g/mol. The molecule has 1 aliphatic heterocycles. The van der Waals surface area contributed by atoms with E-state index in [4.69, 9.17) is 21.7 Å². The van der Waals surface area contributed by atoms with Gasteiger partial charge in [-0.3, -0.25) is 28.8 Å². The van der Waals surface area contributed by atoms with Gasteiger partial charge in [0.1, 0.15) is 24.2 Å². The minimum Gasteiger partial charge on any atom is -0.480 e. The second-order valence-electron chi connectivity index (χ2n) is 9.25. The zero-order chi connectivity index (χ0) is 31.1. The highest BCUT2D eigenvalue weighted by molar-refractivity contribution is 7.98. The summed E-state index contributed by atoms with van der Waals surface area (Å²) in [5.74, 6) is -5.50. The van der Waals surface area contributed by atoms with Crippen LogP contribution in [0.5, 0.6) is 0 Å². The van der Waals surface area contributed by atoms with Gasteiger partial charge in [0.25, 0.3) is 0 Å². The first-order chi connectivity index (χ1) is 19.4. The Balaban J connectivity index is 2.71. The Labute approximate surface area is 240 Å². The number of hydrogen-bond acceptors (Lipinski definition) is 11. The van der Waals surface area contributed by atoms with Crippen molar-refractivity contribution in [3.05, 3.63) is 0 Å².